The van der Waals surface area contributed by atoms with Crippen molar-refractivity contribution in [3.63, 3.8) is 0 Å². The number of hydrogen-bond acceptors (Lipinski definition) is 1. The largest absolute Gasteiger partial charge is 0.341 e. The molecule has 0 amide bonds. The van der Waals surface area contributed by atoms with Gasteiger partial charge in [-0.05, 0) is 199 Å². The first-order chi connectivity index (χ1) is 36.7. The highest BCUT2D eigenvalue weighted by atomic mass is 15.2. The molecule has 0 spiro atoms. The summed E-state index contributed by atoms with van der Waals surface area (Å²) in [4.78, 5) is 2.71. The summed E-state index contributed by atoms with van der Waals surface area (Å²) in [5.41, 5.74) is 25.7. The molecule has 2 unspecified atom stereocenters. The zero-order valence-electron chi connectivity index (χ0n) is 41.6. The van der Waals surface area contributed by atoms with E-state index in [9.17, 15) is 0 Å². The molecule has 356 valence electrons. The maximum Gasteiger partial charge on any atom is 0.0557 e. The van der Waals surface area contributed by atoms with Crippen LogP contribution in [0.2, 0.25) is 0 Å². The molecule has 10 aromatic rings. The molecule has 74 heavy (non-hydrogen) atoms. The Hall–Kier alpha value is -8.34. The van der Waals surface area contributed by atoms with Crippen molar-refractivity contribution in [3.05, 3.63) is 234 Å². The molecule has 6 aliphatic rings. The molecule has 0 N–H and O–H groups in total. The Morgan fingerprint density at radius 3 is 1.73 bits per heavy atom. The van der Waals surface area contributed by atoms with Crippen LogP contribution in [-0.2, 0) is 19.3 Å². The second-order valence-corrected chi connectivity index (χ2v) is 21.5. The Bertz CT molecular complexity index is 4170. The summed E-state index contributed by atoms with van der Waals surface area (Å²) in [6.07, 6.45) is 32.2. The zero-order chi connectivity index (χ0) is 48.4. The Balaban J connectivity index is 0.720. The van der Waals surface area contributed by atoms with Crippen molar-refractivity contribution in [1.82, 2.24) is 13.7 Å². The average Bonchev–Trinajstić information content (AvgIpc) is 4.20. The van der Waals surface area contributed by atoms with Gasteiger partial charge in [0.15, 0.2) is 0 Å². The molecule has 2 atom stereocenters. The highest BCUT2D eigenvalue weighted by molar-refractivity contribution is 6.05. The van der Waals surface area contributed by atoms with Gasteiger partial charge in [0.1, 0.15) is 0 Å². The van der Waals surface area contributed by atoms with Crippen molar-refractivity contribution in [2.75, 3.05) is 4.90 Å². The lowest BCUT2D eigenvalue weighted by molar-refractivity contribution is 0.536. The SMILES string of the molecule is C1=CCCC(n2c3c(c4cc5c(cc42)c2c(n5-c4ccc(-c5ccc6cc(-c7ccc(-n8c9c(c%10ccccc%108)CCC8=C9C9C=CCCC9N8c8ccccc8)cc7)ccc6c5)cc4)C=CCC2)CCC=C3)=C1. The highest BCUT2D eigenvalue weighted by Crippen LogP contribution is 2.53. The maximum atomic E-state index is 2.71. The van der Waals surface area contributed by atoms with Gasteiger partial charge in [0.2, 0.25) is 0 Å². The van der Waals surface area contributed by atoms with Gasteiger partial charge in [0, 0.05) is 73.5 Å². The summed E-state index contributed by atoms with van der Waals surface area (Å²) in [5, 5.41) is 6.68. The van der Waals surface area contributed by atoms with Crippen LogP contribution in [-0.4, -0.2) is 19.7 Å². The average molecular weight is 953 g/mol. The number of rotatable bonds is 6. The van der Waals surface area contributed by atoms with Crippen molar-refractivity contribution in [2.45, 2.75) is 70.3 Å². The van der Waals surface area contributed by atoms with Crippen molar-refractivity contribution < 1.29 is 0 Å². The predicted molar refractivity (Wildman–Crippen MR) is 311 cm³/mol. The standard InChI is InChI=1S/C70H56N4/c1-3-15-51(16-4-1)71-65-26-14-10-22-59(65)69-66(71)40-39-58-55-19-7-13-25-64(55)74(70(58)69)54-37-33-46(34-38-54)48-28-30-49-41-47(27-29-50(49)42-48)45-31-35-53(36-32-45)73-63-24-12-9-21-57(63)61-43-67-60(44-68(61)73)56-20-8-11-23-62(56)72(67)52-17-5-2-6-18-52/h1-5,7,10-13,15-17,19,22-25,27-38,41-44,59,65H,6,8-9,14,18,20-21,26,39-40H2. The van der Waals surface area contributed by atoms with Gasteiger partial charge in [-0.25, -0.2) is 0 Å². The number of fused-ring (bicyclic) bond motifs is 13. The van der Waals surface area contributed by atoms with Gasteiger partial charge in [-0.2, -0.15) is 0 Å². The minimum absolute atomic E-state index is 0.378. The van der Waals surface area contributed by atoms with Crippen molar-refractivity contribution in [2.24, 2.45) is 5.92 Å². The number of aryl methyl sites for hydroxylation is 3. The van der Waals surface area contributed by atoms with E-state index in [1.807, 2.05) is 0 Å². The van der Waals surface area contributed by atoms with Crippen LogP contribution in [0, 0.1) is 5.92 Å². The quantitative estimate of drug-likeness (QED) is 0.152. The number of hydrogen-bond donors (Lipinski definition) is 0. The molecule has 1 aliphatic heterocycles. The molecule has 0 radical (unpaired) electrons. The number of nitrogens with zero attached hydrogens (tertiary/aromatic N) is 4. The second-order valence-electron chi connectivity index (χ2n) is 21.5. The van der Waals surface area contributed by atoms with Crippen molar-refractivity contribution in [3.8, 4) is 33.6 Å². The van der Waals surface area contributed by atoms with Crippen molar-refractivity contribution in [1.29, 1.82) is 0 Å². The lowest BCUT2D eigenvalue weighted by Gasteiger charge is -2.33. The van der Waals surface area contributed by atoms with E-state index in [-0.39, 0.29) is 0 Å². The van der Waals surface area contributed by atoms with E-state index in [1.54, 1.807) is 0 Å². The fourth-order valence-corrected chi connectivity index (χ4v) is 14.3. The number of anilines is 1. The zero-order valence-corrected chi connectivity index (χ0v) is 41.6. The number of benzene rings is 7. The second kappa shape index (κ2) is 16.6. The van der Waals surface area contributed by atoms with Gasteiger partial charge >= 0.3 is 0 Å². The lowest BCUT2D eigenvalue weighted by Crippen LogP contribution is -2.34. The molecule has 0 fully saturated rings. The van der Waals surface area contributed by atoms with Crippen LogP contribution in [0.25, 0.3) is 101 Å². The smallest absolute Gasteiger partial charge is 0.0557 e. The third kappa shape index (κ3) is 6.33. The van der Waals surface area contributed by atoms with Gasteiger partial charge in [-0.3, -0.25) is 0 Å². The minimum atomic E-state index is 0.378. The molecule has 7 aromatic carbocycles. The highest BCUT2D eigenvalue weighted by Gasteiger charge is 2.45. The van der Waals surface area contributed by atoms with E-state index in [0.717, 1.165) is 57.8 Å². The molecular formula is C70H56N4. The van der Waals surface area contributed by atoms with Gasteiger partial charge in [0.25, 0.3) is 0 Å². The molecule has 3 aromatic heterocycles. The topological polar surface area (TPSA) is 18.0 Å². The molecular weight excluding hydrogens is 897 g/mol. The van der Waals surface area contributed by atoms with Gasteiger partial charge < -0.3 is 18.6 Å². The lowest BCUT2D eigenvalue weighted by atomic mass is 9.82. The minimum Gasteiger partial charge on any atom is -0.341 e. The molecule has 0 saturated heterocycles. The van der Waals surface area contributed by atoms with Crippen LogP contribution in [0.1, 0.15) is 78.7 Å². The van der Waals surface area contributed by atoms with Crippen LogP contribution in [0.4, 0.5) is 5.69 Å². The molecule has 16 rings (SSSR count). The molecule has 4 nitrogen and oxygen atoms in total. The first kappa shape index (κ1) is 42.2. The maximum absolute atomic E-state index is 2.71. The van der Waals surface area contributed by atoms with E-state index < -0.39 is 0 Å². The number of para-hydroxylation sites is 2. The summed E-state index contributed by atoms with van der Waals surface area (Å²) in [7, 11) is 0. The molecule has 0 saturated carbocycles. The van der Waals surface area contributed by atoms with E-state index in [2.05, 4.69) is 225 Å². The predicted octanol–water partition coefficient (Wildman–Crippen LogP) is 17.6. The van der Waals surface area contributed by atoms with E-state index in [1.165, 1.54) is 140 Å². The first-order valence-corrected chi connectivity index (χ1v) is 27.3. The summed E-state index contributed by atoms with van der Waals surface area (Å²) in [6, 6.07) is 58.3. The Kier molecular flexibility index (Phi) is 9.46. The van der Waals surface area contributed by atoms with Crippen molar-refractivity contribution >= 4 is 72.6 Å². The molecule has 5 aliphatic carbocycles. The number of allylic oxidation sites excluding steroid dienone is 8. The van der Waals surface area contributed by atoms with Gasteiger partial charge in [-0.1, -0.05) is 121 Å². The Labute approximate surface area is 432 Å². The van der Waals surface area contributed by atoms with Crippen LogP contribution < -0.4 is 4.90 Å². The van der Waals surface area contributed by atoms with Crippen LogP contribution in [0.5, 0.6) is 0 Å². The Morgan fingerprint density at radius 1 is 0.419 bits per heavy atom. The third-order valence-electron chi connectivity index (χ3n) is 17.6. The summed E-state index contributed by atoms with van der Waals surface area (Å²) >= 11 is 0. The fraction of sp³-hybridized carbons (Fsp3) is 0.171. The summed E-state index contributed by atoms with van der Waals surface area (Å²) in [6.45, 7) is 0. The summed E-state index contributed by atoms with van der Waals surface area (Å²) in [5.74, 6) is 0.378. The monoisotopic (exact) mass is 952 g/mol. The summed E-state index contributed by atoms with van der Waals surface area (Å²) < 4.78 is 7.69. The first-order valence-electron chi connectivity index (χ1n) is 27.3. The normalized spacial score (nSPS) is 18.6. The van der Waals surface area contributed by atoms with E-state index in [4.69, 9.17) is 0 Å². The van der Waals surface area contributed by atoms with E-state index in [0.29, 0.717) is 12.0 Å². The fourth-order valence-electron chi connectivity index (χ4n) is 14.3. The molecule has 0 bridgehead atoms. The Morgan fingerprint density at radius 2 is 1.04 bits per heavy atom. The van der Waals surface area contributed by atoms with E-state index >= 15 is 0 Å². The van der Waals surface area contributed by atoms with Crippen LogP contribution in [0.15, 0.2) is 200 Å². The molecule has 4 heterocycles. The number of aromatic nitrogens is 3. The third-order valence-corrected chi connectivity index (χ3v) is 17.6. The molecule has 4 heteroatoms. The van der Waals surface area contributed by atoms with Gasteiger partial charge in [-0.15, -0.1) is 0 Å². The van der Waals surface area contributed by atoms with Gasteiger partial charge in [0.05, 0.1) is 22.2 Å². The van der Waals surface area contributed by atoms with Crippen LogP contribution >= 0.6 is 0 Å². The van der Waals surface area contributed by atoms with Crippen LogP contribution in [0.3, 0.4) is 0 Å².